The van der Waals surface area contributed by atoms with Gasteiger partial charge in [-0.3, -0.25) is 4.79 Å². The van der Waals surface area contributed by atoms with E-state index >= 15 is 0 Å². The molecule has 0 saturated carbocycles. The second-order valence-corrected chi connectivity index (χ2v) is 6.75. The molecule has 0 bridgehead atoms. The third kappa shape index (κ3) is 4.40. The summed E-state index contributed by atoms with van der Waals surface area (Å²) in [6.07, 6.45) is 0. The molecule has 0 atom stereocenters. The maximum absolute atomic E-state index is 11.4. The van der Waals surface area contributed by atoms with Crippen LogP contribution in [0.15, 0.2) is 66.7 Å². The highest BCUT2D eigenvalue weighted by Crippen LogP contribution is 2.37. The van der Waals surface area contributed by atoms with Gasteiger partial charge in [-0.15, -0.1) is 0 Å². The third-order valence-electron chi connectivity index (χ3n) is 4.57. The number of rotatable bonds is 6. The number of fused-ring (bicyclic) bond motifs is 1. The van der Waals surface area contributed by atoms with Crippen molar-refractivity contribution in [1.29, 1.82) is 0 Å². The van der Waals surface area contributed by atoms with Crippen molar-refractivity contribution in [3.05, 3.63) is 66.7 Å². The highest BCUT2D eigenvalue weighted by Gasteiger charge is 2.16. The first-order valence-electron chi connectivity index (χ1n) is 9.62. The van der Waals surface area contributed by atoms with Gasteiger partial charge in [0, 0.05) is 30.3 Å². The first kappa shape index (κ1) is 20.2. The predicted octanol–water partition coefficient (Wildman–Crippen LogP) is 5.06. The van der Waals surface area contributed by atoms with E-state index in [1.165, 1.54) is 6.92 Å². The van der Waals surface area contributed by atoms with Crippen molar-refractivity contribution >= 4 is 22.5 Å². The molecule has 0 saturated heterocycles. The molecular formula is C24H21N3O4. The number of hydrogen-bond acceptors (Lipinski definition) is 6. The van der Waals surface area contributed by atoms with Crippen LogP contribution in [0.5, 0.6) is 23.1 Å². The van der Waals surface area contributed by atoms with Crippen molar-refractivity contribution in [3.63, 3.8) is 0 Å². The fourth-order valence-corrected chi connectivity index (χ4v) is 3.17. The maximum atomic E-state index is 11.4. The lowest BCUT2D eigenvalue weighted by Crippen LogP contribution is -2.05. The summed E-state index contributed by atoms with van der Waals surface area (Å²) >= 11 is 0. The fraction of sp³-hybridized carbons (Fsp3) is 0.125. The minimum Gasteiger partial charge on any atom is -0.493 e. The molecule has 1 heterocycles. The molecule has 7 nitrogen and oxygen atoms in total. The smallest absolute Gasteiger partial charge is 0.230 e. The lowest BCUT2D eigenvalue weighted by atomic mass is 10.1. The Morgan fingerprint density at radius 3 is 2.32 bits per heavy atom. The van der Waals surface area contributed by atoms with Crippen molar-refractivity contribution in [2.75, 3.05) is 19.5 Å². The lowest BCUT2D eigenvalue weighted by Gasteiger charge is -2.14. The quantitative estimate of drug-likeness (QED) is 0.474. The Labute approximate surface area is 179 Å². The molecule has 1 aromatic heterocycles. The molecule has 0 fully saturated rings. The van der Waals surface area contributed by atoms with Gasteiger partial charge in [0.15, 0.2) is 17.3 Å². The number of nitrogens with zero attached hydrogens (tertiary/aromatic N) is 2. The van der Waals surface area contributed by atoms with Crippen molar-refractivity contribution in [3.8, 4) is 34.5 Å². The largest absolute Gasteiger partial charge is 0.493 e. The van der Waals surface area contributed by atoms with Crippen LogP contribution in [0.4, 0.5) is 5.69 Å². The van der Waals surface area contributed by atoms with Crippen molar-refractivity contribution < 1.29 is 19.0 Å². The second kappa shape index (κ2) is 8.71. The minimum absolute atomic E-state index is 0.159. The molecule has 31 heavy (non-hydrogen) atoms. The number of anilines is 1. The molecule has 156 valence electrons. The Hall–Kier alpha value is -4.13. The van der Waals surface area contributed by atoms with Gasteiger partial charge >= 0.3 is 0 Å². The average molecular weight is 415 g/mol. The molecule has 7 heteroatoms. The van der Waals surface area contributed by atoms with E-state index in [0.29, 0.717) is 45.5 Å². The average Bonchev–Trinajstić information content (AvgIpc) is 2.78. The number of hydrogen-bond donors (Lipinski definition) is 1. The first-order chi connectivity index (χ1) is 15.1. The number of aromatic nitrogens is 2. The summed E-state index contributed by atoms with van der Waals surface area (Å²) in [5.41, 5.74) is 2.14. The molecular weight excluding hydrogens is 394 g/mol. The SMILES string of the molecule is COc1cc2nc(-c3ccccc3)nc(Oc3cccc(NC(C)=O)c3)c2cc1OC. The number of carbonyl (C=O) groups excluding carboxylic acids is 1. The molecule has 3 aromatic carbocycles. The van der Waals surface area contributed by atoms with Gasteiger partial charge in [-0.25, -0.2) is 4.98 Å². The number of benzene rings is 3. The van der Waals surface area contributed by atoms with Crippen LogP contribution in [0.25, 0.3) is 22.3 Å². The lowest BCUT2D eigenvalue weighted by molar-refractivity contribution is -0.114. The maximum Gasteiger partial charge on any atom is 0.230 e. The molecule has 0 radical (unpaired) electrons. The van der Waals surface area contributed by atoms with E-state index in [4.69, 9.17) is 19.2 Å². The van der Waals surface area contributed by atoms with E-state index in [1.54, 1.807) is 50.6 Å². The molecule has 4 aromatic rings. The van der Waals surface area contributed by atoms with E-state index in [0.717, 1.165) is 5.56 Å². The van der Waals surface area contributed by atoms with Crippen LogP contribution in [-0.2, 0) is 4.79 Å². The van der Waals surface area contributed by atoms with Gasteiger partial charge in [0.25, 0.3) is 0 Å². The van der Waals surface area contributed by atoms with Gasteiger partial charge in [-0.1, -0.05) is 36.4 Å². The van der Waals surface area contributed by atoms with Crippen molar-refractivity contribution in [2.24, 2.45) is 0 Å². The van der Waals surface area contributed by atoms with Crippen molar-refractivity contribution in [2.45, 2.75) is 6.92 Å². The van der Waals surface area contributed by atoms with E-state index in [9.17, 15) is 4.79 Å². The fourth-order valence-electron chi connectivity index (χ4n) is 3.17. The molecule has 0 aliphatic heterocycles. The normalized spacial score (nSPS) is 10.5. The number of carbonyl (C=O) groups is 1. The zero-order chi connectivity index (χ0) is 21.8. The minimum atomic E-state index is -0.159. The molecule has 0 aliphatic carbocycles. The third-order valence-corrected chi connectivity index (χ3v) is 4.57. The van der Waals surface area contributed by atoms with E-state index in [-0.39, 0.29) is 5.91 Å². The van der Waals surface area contributed by atoms with E-state index in [2.05, 4.69) is 10.3 Å². The van der Waals surface area contributed by atoms with Gasteiger partial charge in [-0.05, 0) is 18.2 Å². The molecule has 0 aliphatic rings. The van der Waals surface area contributed by atoms with Gasteiger partial charge in [0.05, 0.1) is 25.1 Å². The molecule has 0 spiro atoms. The molecule has 0 unspecified atom stereocenters. The highest BCUT2D eigenvalue weighted by atomic mass is 16.5. The zero-order valence-electron chi connectivity index (χ0n) is 17.4. The van der Waals surface area contributed by atoms with Gasteiger partial charge in [0.1, 0.15) is 5.75 Å². The van der Waals surface area contributed by atoms with Crippen LogP contribution in [0.2, 0.25) is 0 Å². The summed E-state index contributed by atoms with van der Waals surface area (Å²) < 4.78 is 17.0. The number of methoxy groups -OCH3 is 2. The summed E-state index contributed by atoms with van der Waals surface area (Å²) in [4.78, 5) is 20.8. The van der Waals surface area contributed by atoms with Gasteiger partial charge in [-0.2, -0.15) is 4.98 Å². The predicted molar refractivity (Wildman–Crippen MR) is 119 cm³/mol. The second-order valence-electron chi connectivity index (χ2n) is 6.75. The van der Waals surface area contributed by atoms with Crippen LogP contribution in [0, 0.1) is 0 Å². The van der Waals surface area contributed by atoms with Crippen molar-refractivity contribution in [1.82, 2.24) is 9.97 Å². The Bertz CT molecular complexity index is 1240. The topological polar surface area (TPSA) is 82.6 Å². The van der Waals surface area contributed by atoms with E-state index < -0.39 is 0 Å². The Morgan fingerprint density at radius 2 is 1.61 bits per heavy atom. The summed E-state index contributed by atoms with van der Waals surface area (Å²) in [6, 6.07) is 20.3. The summed E-state index contributed by atoms with van der Waals surface area (Å²) in [7, 11) is 3.15. The molecule has 1 amide bonds. The number of nitrogens with one attached hydrogen (secondary N) is 1. The van der Waals surface area contributed by atoms with Crippen LogP contribution in [0.3, 0.4) is 0 Å². The zero-order valence-corrected chi connectivity index (χ0v) is 17.4. The first-order valence-corrected chi connectivity index (χ1v) is 9.62. The van der Waals surface area contributed by atoms with Gasteiger partial charge in [0.2, 0.25) is 11.8 Å². The summed E-state index contributed by atoms with van der Waals surface area (Å²) in [6.45, 7) is 1.46. The van der Waals surface area contributed by atoms with Crippen LogP contribution >= 0.6 is 0 Å². The molecule has 1 N–H and O–H groups in total. The summed E-state index contributed by atoms with van der Waals surface area (Å²) in [5, 5.41) is 3.42. The number of amides is 1. The Kier molecular flexibility index (Phi) is 5.66. The summed E-state index contributed by atoms with van der Waals surface area (Å²) in [5.74, 6) is 2.36. The van der Waals surface area contributed by atoms with Crippen LogP contribution in [0.1, 0.15) is 6.92 Å². The highest BCUT2D eigenvalue weighted by molar-refractivity contribution is 5.90. The standard InChI is InChI=1S/C24H21N3O4/c1-15(28)25-17-10-7-11-18(12-17)31-24-19-13-21(29-2)22(30-3)14-20(19)26-23(27-24)16-8-5-4-6-9-16/h4-14H,1-3H3,(H,25,28). The van der Waals surface area contributed by atoms with Crippen LogP contribution in [-0.4, -0.2) is 30.1 Å². The Balaban J connectivity index is 1.86. The molecule has 4 rings (SSSR count). The van der Waals surface area contributed by atoms with E-state index in [1.807, 2.05) is 30.3 Å². The van der Waals surface area contributed by atoms with Gasteiger partial charge < -0.3 is 19.5 Å². The monoisotopic (exact) mass is 415 g/mol. The number of ether oxygens (including phenoxy) is 3. The van der Waals surface area contributed by atoms with Crippen LogP contribution < -0.4 is 19.5 Å². The Morgan fingerprint density at radius 1 is 0.871 bits per heavy atom.